The first-order chi connectivity index (χ1) is 9.81. The quantitative estimate of drug-likeness (QED) is 0.627. The Labute approximate surface area is 127 Å². The van der Waals surface area contributed by atoms with Crippen molar-refractivity contribution in [1.82, 2.24) is 0 Å². The third-order valence-electron chi connectivity index (χ3n) is 5.46. The Kier molecular flexibility index (Phi) is 7.12. The molecule has 2 fully saturated rings. The van der Waals surface area contributed by atoms with Gasteiger partial charge in [0.1, 0.15) is 0 Å². The first-order valence-corrected chi connectivity index (χ1v) is 10.5. The van der Waals surface area contributed by atoms with E-state index in [0.29, 0.717) is 6.42 Å². The second-order valence-corrected chi connectivity index (χ2v) is 8.14. The minimum absolute atomic E-state index is 0.0788. The summed E-state index contributed by atoms with van der Waals surface area (Å²) in [5.41, 5.74) is 0. The zero-order valence-corrected chi connectivity index (χ0v) is 14.7. The fraction of sp³-hybridized carbons (Fsp3) is 0.941. The molecule has 2 saturated carbocycles. The van der Waals surface area contributed by atoms with E-state index in [2.05, 4.69) is 6.92 Å². The van der Waals surface area contributed by atoms with E-state index >= 15 is 0 Å². The van der Waals surface area contributed by atoms with Gasteiger partial charge in [0.25, 0.3) is 5.97 Å². The summed E-state index contributed by atoms with van der Waals surface area (Å²) in [5, 5.41) is 0. The maximum absolute atomic E-state index is 11.6. The van der Waals surface area contributed by atoms with Gasteiger partial charge in [0.05, 0.1) is 0 Å². The molecule has 2 aliphatic rings. The van der Waals surface area contributed by atoms with E-state index in [9.17, 15) is 4.79 Å². The summed E-state index contributed by atoms with van der Waals surface area (Å²) >= 11 is 0. The molecule has 0 unspecified atom stereocenters. The number of rotatable bonds is 8. The average Bonchev–Trinajstić information content (AvgIpc) is 3.14. The third-order valence-corrected chi connectivity index (χ3v) is 6.89. The molecule has 0 aromatic carbocycles. The van der Waals surface area contributed by atoms with E-state index in [1.54, 1.807) is 0 Å². The fourth-order valence-electron chi connectivity index (χ4n) is 4.33. The van der Waals surface area contributed by atoms with Gasteiger partial charge in [-0.15, -0.1) is 0 Å². The molecule has 0 aromatic heterocycles. The Morgan fingerprint density at radius 2 is 1.65 bits per heavy atom. The van der Waals surface area contributed by atoms with E-state index in [-0.39, 0.29) is 5.97 Å². The minimum Gasteiger partial charge on any atom is -0.525 e. The molecule has 2 nitrogen and oxygen atoms in total. The van der Waals surface area contributed by atoms with Crippen LogP contribution in [-0.2, 0) is 9.22 Å². The van der Waals surface area contributed by atoms with E-state index in [1.165, 1.54) is 57.4 Å². The lowest BCUT2D eigenvalue weighted by molar-refractivity contribution is -0.134. The normalized spacial score (nSPS) is 21.5. The maximum atomic E-state index is 11.6. The van der Waals surface area contributed by atoms with Crippen molar-refractivity contribution < 1.29 is 9.22 Å². The van der Waals surface area contributed by atoms with Gasteiger partial charge in [-0.2, -0.15) is 0 Å². The van der Waals surface area contributed by atoms with Gasteiger partial charge in [-0.3, -0.25) is 4.79 Å². The summed E-state index contributed by atoms with van der Waals surface area (Å²) in [6.45, 7) is 2.13. The topological polar surface area (TPSA) is 26.3 Å². The number of carbonyl (C=O) groups is 1. The predicted molar refractivity (Wildman–Crippen MR) is 86.4 cm³/mol. The van der Waals surface area contributed by atoms with Gasteiger partial charge in [-0.1, -0.05) is 64.7 Å². The van der Waals surface area contributed by atoms with Crippen molar-refractivity contribution in [3.8, 4) is 0 Å². The van der Waals surface area contributed by atoms with Crippen LogP contribution in [0.5, 0.6) is 0 Å². The molecule has 116 valence electrons. The van der Waals surface area contributed by atoms with Crippen molar-refractivity contribution in [2.24, 2.45) is 17.8 Å². The summed E-state index contributed by atoms with van der Waals surface area (Å²) in [6.07, 6.45) is 14.2. The highest BCUT2D eigenvalue weighted by atomic mass is 28.2. The molecule has 0 saturated heterocycles. The molecule has 2 aliphatic carbocycles. The van der Waals surface area contributed by atoms with Gasteiger partial charge in [0.15, 0.2) is 0 Å². The molecule has 0 amide bonds. The predicted octanol–water partition coefficient (Wildman–Crippen LogP) is 4.22. The molecule has 0 spiro atoms. The summed E-state index contributed by atoms with van der Waals surface area (Å²) in [6, 6.07) is 1.26. The van der Waals surface area contributed by atoms with Crippen LogP contribution in [0.1, 0.15) is 77.6 Å². The van der Waals surface area contributed by atoms with Crippen molar-refractivity contribution in [2.75, 3.05) is 0 Å². The zero-order valence-electron chi connectivity index (χ0n) is 13.2. The number of carbonyl (C=O) groups excluding carboxylic acids is 1. The van der Waals surface area contributed by atoms with Gasteiger partial charge in [-0.05, 0) is 30.2 Å². The molecular formula is C17H32O2Si. The summed E-state index contributed by atoms with van der Waals surface area (Å²) < 4.78 is 5.59. The Balaban J connectivity index is 1.74. The van der Waals surface area contributed by atoms with Gasteiger partial charge in [-0.25, -0.2) is 0 Å². The van der Waals surface area contributed by atoms with Crippen LogP contribution in [0.4, 0.5) is 0 Å². The minimum atomic E-state index is -0.628. The molecule has 0 N–H and O–H groups in total. The maximum Gasteiger partial charge on any atom is 0.292 e. The van der Waals surface area contributed by atoms with Crippen molar-refractivity contribution in [3.05, 3.63) is 0 Å². The smallest absolute Gasteiger partial charge is 0.292 e. The van der Waals surface area contributed by atoms with Crippen molar-refractivity contribution in [3.63, 3.8) is 0 Å². The molecule has 3 heteroatoms. The van der Waals surface area contributed by atoms with Crippen LogP contribution >= 0.6 is 0 Å². The first-order valence-electron chi connectivity index (χ1n) is 8.97. The Bertz CT molecular complexity index is 265. The van der Waals surface area contributed by atoms with Crippen molar-refractivity contribution >= 4 is 15.7 Å². The number of unbranched alkanes of at least 4 members (excludes halogenated alkanes) is 1. The van der Waals surface area contributed by atoms with Crippen LogP contribution in [0.3, 0.4) is 0 Å². The van der Waals surface area contributed by atoms with E-state index in [0.717, 1.165) is 30.6 Å². The number of hydrogen-bond acceptors (Lipinski definition) is 2. The summed E-state index contributed by atoms with van der Waals surface area (Å²) in [4.78, 5) is 11.6. The fourth-order valence-corrected chi connectivity index (χ4v) is 6.03. The van der Waals surface area contributed by atoms with Crippen LogP contribution in [0.15, 0.2) is 0 Å². The Hall–Kier alpha value is -0.313. The highest BCUT2D eigenvalue weighted by Gasteiger charge is 2.33. The molecule has 0 bridgehead atoms. The third kappa shape index (κ3) is 4.91. The highest BCUT2D eigenvalue weighted by Crippen LogP contribution is 2.43. The number of hydrogen-bond donors (Lipinski definition) is 0. The van der Waals surface area contributed by atoms with E-state index in [4.69, 9.17) is 4.43 Å². The lowest BCUT2D eigenvalue weighted by atomic mass is 9.81. The van der Waals surface area contributed by atoms with Crippen LogP contribution < -0.4 is 0 Å². The molecule has 0 atom stereocenters. The van der Waals surface area contributed by atoms with Crippen LogP contribution in [-0.4, -0.2) is 15.7 Å². The Morgan fingerprint density at radius 1 is 1.10 bits per heavy atom. The van der Waals surface area contributed by atoms with Gasteiger partial charge in [0.2, 0.25) is 9.76 Å². The molecule has 0 radical (unpaired) electrons. The van der Waals surface area contributed by atoms with Gasteiger partial charge < -0.3 is 4.43 Å². The monoisotopic (exact) mass is 296 g/mol. The van der Waals surface area contributed by atoms with Gasteiger partial charge >= 0.3 is 0 Å². The lowest BCUT2D eigenvalue weighted by Crippen LogP contribution is -2.23. The SMILES string of the molecule is CCCCC(=O)O[SiH2]CC(C1CCCC1)C1CCCC1. The van der Waals surface area contributed by atoms with Gasteiger partial charge in [0, 0.05) is 6.42 Å². The largest absolute Gasteiger partial charge is 0.525 e. The summed E-state index contributed by atoms with van der Waals surface area (Å²) in [7, 11) is -0.628. The second kappa shape index (κ2) is 8.86. The van der Waals surface area contributed by atoms with Crippen LogP contribution in [0.25, 0.3) is 0 Å². The van der Waals surface area contributed by atoms with E-state index in [1.807, 2.05) is 0 Å². The average molecular weight is 297 g/mol. The molecular weight excluding hydrogens is 264 g/mol. The van der Waals surface area contributed by atoms with Crippen molar-refractivity contribution in [1.29, 1.82) is 0 Å². The molecule has 0 aliphatic heterocycles. The standard InChI is InChI=1S/C17H32O2Si/c1-2-3-12-17(18)19-20-13-16(14-8-4-5-9-14)15-10-6-7-11-15/h14-16H,2-13,20H2,1H3. The van der Waals surface area contributed by atoms with Crippen LogP contribution in [0.2, 0.25) is 6.04 Å². The summed E-state index contributed by atoms with van der Waals surface area (Å²) in [5.74, 6) is 2.89. The zero-order chi connectivity index (χ0) is 14.2. The molecule has 2 rings (SSSR count). The molecule has 0 heterocycles. The molecule has 0 aromatic rings. The highest BCUT2D eigenvalue weighted by molar-refractivity contribution is 6.30. The molecule has 20 heavy (non-hydrogen) atoms. The first kappa shape index (κ1) is 16.1. The Morgan fingerprint density at radius 3 is 2.15 bits per heavy atom. The second-order valence-electron chi connectivity index (χ2n) is 6.87. The van der Waals surface area contributed by atoms with Crippen LogP contribution in [0, 0.1) is 17.8 Å². The van der Waals surface area contributed by atoms with Crippen molar-refractivity contribution in [2.45, 2.75) is 83.6 Å². The van der Waals surface area contributed by atoms with E-state index < -0.39 is 9.76 Å². The lowest BCUT2D eigenvalue weighted by Gasteiger charge is -2.29.